The lowest BCUT2D eigenvalue weighted by atomic mass is 9.94. The predicted octanol–water partition coefficient (Wildman–Crippen LogP) is 4.49. The van der Waals surface area contributed by atoms with Crippen LogP contribution in [-0.2, 0) is 4.79 Å². The molecule has 1 heterocycles. The molecule has 2 unspecified atom stereocenters. The Morgan fingerprint density at radius 1 is 1.04 bits per heavy atom. The maximum Gasteiger partial charge on any atom is 0.320 e. The van der Waals surface area contributed by atoms with Crippen LogP contribution in [0.3, 0.4) is 0 Å². The number of carboxylic acid groups (broad SMARTS) is 1. The Morgan fingerprint density at radius 3 is 2.44 bits per heavy atom. The smallest absolute Gasteiger partial charge is 0.320 e. The van der Waals surface area contributed by atoms with E-state index in [2.05, 4.69) is 35.2 Å². The van der Waals surface area contributed by atoms with Gasteiger partial charge < -0.3 is 9.84 Å². The second-order valence-corrected chi connectivity index (χ2v) is 7.02. The minimum Gasteiger partial charge on any atom is -0.497 e. The van der Waals surface area contributed by atoms with E-state index < -0.39 is 12.0 Å². The number of hydrogen-bond acceptors (Lipinski definition) is 3. The molecule has 0 aliphatic carbocycles. The van der Waals surface area contributed by atoms with Crippen LogP contribution in [0.15, 0.2) is 66.7 Å². The van der Waals surface area contributed by atoms with Gasteiger partial charge in [0.25, 0.3) is 0 Å². The first kappa shape index (κ1) is 17.6. The van der Waals surface area contributed by atoms with Crippen LogP contribution in [0.2, 0.25) is 0 Å². The van der Waals surface area contributed by atoms with Gasteiger partial charge in [0.05, 0.1) is 13.2 Å². The highest BCUT2D eigenvalue weighted by molar-refractivity contribution is 5.83. The summed E-state index contributed by atoms with van der Waals surface area (Å²) in [6, 6.07) is 22.1. The van der Waals surface area contributed by atoms with Gasteiger partial charge in [-0.15, -0.1) is 0 Å². The Hall–Kier alpha value is -2.85. The van der Waals surface area contributed by atoms with Crippen molar-refractivity contribution in [2.24, 2.45) is 0 Å². The number of carboxylic acids is 1. The zero-order chi connectivity index (χ0) is 18.8. The van der Waals surface area contributed by atoms with E-state index in [1.54, 1.807) is 7.11 Å². The van der Waals surface area contributed by atoms with Crippen LogP contribution >= 0.6 is 0 Å². The first-order chi connectivity index (χ1) is 13.2. The first-order valence-corrected chi connectivity index (χ1v) is 9.28. The minimum atomic E-state index is -0.744. The lowest BCUT2D eigenvalue weighted by molar-refractivity contribution is -0.142. The molecule has 4 rings (SSSR count). The van der Waals surface area contributed by atoms with Crippen molar-refractivity contribution in [3.63, 3.8) is 0 Å². The number of likely N-dealkylation sites (tertiary alicyclic amines) is 1. The lowest BCUT2D eigenvalue weighted by Crippen LogP contribution is -2.39. The van der Waals surface area contributed by atoms with E-state index in [0.29, 0.717) is 6.42 Å². The van der Waals surface area contributed by atoms with Gasteiger partial charge in [0.15, 0.2) is 0 Å². The molecule has 1 aliphatic heterocycles. The number of hydrogen-bond donors (Lipinski definition) is 1. The van der Waals surface area contributed by atoms with Gasteiger partial charge in [-0.25, -0.2) is 0 Å². The van der Waals surface area contributed by atoms with Crippen LogP contribution < -0.4 is 4.74 Å². The number of carbonyl (C=O) groups is 1. The zero-order valence-electron chi connectivity index (χ0n) is 15.3. The molecule has 0 saturated carbocycles. The highest BCUT2D eigenvalue weighted by Crippen LogP contribution is 2.36. The van der Waals surface area contributed by atoms with Crippen molar-refractivity contribution in [3.8, 4) is 5.75 Å². The second-order valence-electron chi connectivity index (χ2n) is 7.02. The van der Waals surface area contributed by atoms with Gasteiger partial charge in [-0.1, -0.05) is 48.5 Å². The van der Waals surface area contributed by atoms with Gasteiger partial charge in [0, 0.05) is 6.54 Å². The van der Waals surface area contributed by atoms with Crippen LogP contribution in [0, 0.1) is 0 Å². The molecule has 138 valence electrons. The summed E-state index contributed by atoms with van der Waals surface area (Å²) in [6.45, 7) is 0.778. The molecule has 1 saturated heterocycles. The quantitative estimate of drug-likeness (QED) is 0.728. The molecule has 4 nitrogen and oxygen atoms in total. The van der Waals surface area contributed by atoms with Crippen molar-refractivity contribution in [1.29, 1.82) is 0 Å². The van der Waals surface area contributed by atoms with E-state index in [-0.39, 0.29) is 6.04 Å². The monoisotopic (exact) mass is 361 g/mol. The lowest BCUT2D eigenvalue weighted by Gasteiger charge is -2.32. The molecular formula is C23H23NO3. The normalized spacial score (nSPS) is 18.5. The number of methoxy groups -OCH3 is 1. The van der Waals surface area contributed by atoms with Gasteiger partial charge >= 0.3 is 5.97 Å². The minimum absolute atomic E-state index is 0.0934. The Morgan fingerprint density at radius 2 is 1.74 bits per heavy atom. The van der Waals surface area contributed by atoms with Gasteiger partial charge in [0.1, 0.15) is 11.8 Å². The highest BCUT2D eigenvalue weighted by atomic mass is 16.5. The van der Waals surface area contributed by atoms with E-state index in [9.17, 15) is 9.90 Å². The number of rotatable bonds is 5. The molecule has 1 aliphatic rings. The molecule has 0 bridgehead atoms. The summed E-state index contributed by atoms with van der Waals surface area (Å²) in [5, 5.41) is 12.1. The fourth-order valence-electron chi connectivity index (χ4n) is 4.10. The van der Waals surface area contributed by atoms with Crippen LogP contribution in [-0.4, -0.2) is 35.7 Å². The summed E-state index contributed by atoms with van der Waals surface area (Å²) in [4.78, 5) is 13.9. The van der Waals surface area contributed by atoms with Crippen molar-refractivity contribution in [2.45, 2.75) is 24.9 Å². The van der Waals surface area contributed by atoms with Gasteiger partial charge in [-0.05, 0) is 52.9 Å². The van der Waals surface area contributed by atoms with Crippen LogP contribution in [0.5, 0.6) is 5.75 Å². The SMILES string of the molecule is COc1ccc(C(c2ccc3ccccc3c2)N2CCCC2C(=O)O)cc1. The number of benzene rings is 3. The third-order valence-electron chi connectivity index (χ3n) is 5.43. The molecule has 0 radical (unpaired) electrons. The maximum absolute atomic E-state index is 11.8. The zero-order valence-corrected chi connectivity index (χ0v) is 15.3. The Balaban J connectivity index is 1.82. The summed E-state index contributed by atoms with van der Waals surface area (Å²) in [6.07, 6.45) is 1.59. The molecule has 1 N–H and O–H groups in total. The first-order valence-electron chi connectivity index (χ1n) is 9.28. The summed E-state index contributed by atoms with van der Waals surface area (Å²) in [5.41, 5.74) is 2.20. The Bertz CT molecular complexity index is 951. The molecule has 0 amide bonds. The largest absolute Gasteiger partial charge is 0.497 e. The average Bonchev–Trinajstić information content (AvgIpc) is 3.18. The van der Waals surface area contributed by atoms with Crippen molar-refractivity contribution in [2.75, 3.05) is 13.7 Å². The number of aliphatic carboxylic acids is 1. The molecule has 2 atom stereocenters. The van der Waals surface area contributed by atoms with Gasteiger partial charge in [-0.2, -0.15) is 0 Å². The number of ether oxygens (including phenoxy) is 1. The summed E-state index contributed by atoms with van der Waals surface area (Å²) in [5.74, 6) is 0.0546. The Kier molecular flexibility index (Phi) is 4.82. The molecule has 3 aromatic rings. The van der Waals surface area contributed by atoms with E-state index >= 15 is 0 Å². The Labute approximate surface area is 159 Å². The third-order valence-corrected chi connectivity index (χ3v) is 5.43. The summed E-state index contributed by atoms with van der Waals surface area (Å²) in [7, 11) is 1.65. The van der Waals surface area contributed by atoms with Gasteiger partial charge in [-0.3, -0.25) is 9.69 Å². The predicted molar refractivity (Wildman–Crippen MR) is 106 cm³/mol. The molecule has 0 aromatic heterocycles. The van der Waals surface area contributed by atoms with Crippen molar-refractivity contribution >= 4 is 16.7 Å². The third kappa shape index (κ3) is 3.40. The van der Waals surface area contributed by atoms with Crippen LogP contribution in [0.25, 0.3) is 10.8 Å². The van der Waals surface area contributed by atoms with Gasteiger partial charge in [0.2, 0.25) is 0 Å². The number of nitrogens with zero attached hydrogens (tertiary/aromatic N) is 1. The van der Waals surface area contributed by atoms with Crippen molar-refractivity contribution < 1.29 is 14.6 Å². The van der Waals surface area contributed by atoms with E-state index in [1.165, 1.54) is 10.8 Å². The fourth-order valence-corrected chi connectivity index (χ4v) is 4.10. The topological polar surface area (TPSA) is 49.8 Å². The van der Waals surface area contributed by atoms with Crippen LogP contribution in [0.1, 0.15) is 30.0 Å². The average molecular weight is 361 g/mol. The van der Waals surface area contributed by atoms with Crippen molar-refractivity contribution in [1.82, 2.24) is 4.90 Å². The number of fused-ring (bicyclic) bond motifs is 1. The standard InChI is InChI=1S/C23H23NO3/c1-27-20-12-10-17(11-13-20)22(24-14-4-7-21(24)23(25)26)19-9-8-16-5-2-3-6-18(16)15-19/h2-3,5-6,8-13,15,21-22H,4,7,14H2,1H3,(H,25,26). The second kappa shape index (κ2) is 7.41. The van der Waals surface area contributed by atoms with E-state index in [1.807, 2.05) is 36.4 Å². The van der Waals surface area contributed by atoms with E-state index in [4.69, 9.17) is 4.74 Å². The molecule has 1 fully saturated rings. The molecule has 4 heteroatoms. The molecule has 27 heavy (non-hydrogen) atoms. The summed E-state index contributed by atoms with van der Waals surface area (Å²) < 4.78 is 5.29. The van der Waals surface area contributed by atoms with E-state index in [0.717, 1.165) is 29.8 Å². The molecular weight excluding hydrogens is 338 g/mol. The summed E-state index contributed by atoms with van der Waals surface area (Å²) >= 11 is 0. The maximum atomic E-state index is 11.8. The van der Waals surface area contributed by atoms with Crippen LogP contribution in [0.4, 0.5) is 0 Å². The highest BCUT2D eigenvalue weighted by Gasteiger charge is 2.36. The molecule has 0 spiro atoms. The van der Waals surface area contributed by atoms with Crippen molar-refractivity contribution in [3.05, 3.63) is 77.9 Å². The molecule has 3 aromatic carbocycles. The fraction of sp³-hybridized carbons (Fsp3) is 0.261.